The normalized spacial score (nSPS) is 23.1. The summed E-state index contributed by atoms with van der Waals surface area (Å²) < 4.78 is 28.6. The molecule has 1 saturated heterocycles. The molecule has 1 aromatic carbocycles. The molecule has 1 N–H and O–H groups in total. The summed E-state index contributed by atoms with van der Waals surface area (Å²) in [6, 6.07) is 5.98. The summed E-state index contributed by atoms with van der Waals surface area (Å²) in [5.41, 5.74) is 0.323. The van der Waals surface area contributed by atoms with Crippen molar-refractivity contribution in [3.63, 3.8) is 0 Å². The summed E-state index contributed by atoms with van der Waals surface area (Å²) in [5.74, 6) is -0.255. The van der Waals surface area contributed by atoms with Crippen LogP contribution in [0.1, 0.15) is 17.3 Å². The number of amides is 1. The number of aliphatic hydroxyl groups is 1. The molecule has 1 heterocycles. The van der Waals surface area contributed by atoms with Crippen LogP contribution in [0, 0.1) is 0 Å². The smallest absolute Gasteiger partial charge is 0.254 e. The molecule has 0 radical (unpaired) electrons. The van der Waals surface area contributed by atoms with Gasteiger partial charge in [-0.2, -0.15) is 0 Å². The third-order valence-electron chi connectivity index (χ3n) is 3.33. The number of ether oxygens (including phenoxy) is 1. The maximum atomic E-state index is 12.5. The molecule has 0 bridgehead atoms. The number of carbonyl (C=O) groups is 1. The van der Waals surface area contributed by atoms with Crippen molar-refractivity contribution in [2.24, 2.45) is 0 Å². The minimum Gasteiger partial charge on any atom is -0.394 e. The SMILES string of the molecule is CC1CN(C(=O)c2cccc(S(C)(=O)=O)c2)CC(CO)O1. The van der Waals surface area contributed by atoms with Gasteiger partial charge in [0.2, 0.25) is 0 Å². The Labute approximate surface area is 124 Å². The Kier molecular flexibility index (Phi) is 4.65. The zero-order valence-corrected chi connectivity index (χ0v) is 12.8. The summed E-state index contributed by atoms with van der Waals surface area (Å²) in [7, 11) is -3.35. The largest absolute Gasteiger partial charge is 0.394 e. The first kappa shape index (κ1) is 15.9. The van der Waals surface area contributed by atoms with Gasteiger partial charge in [0.15, 0.2) is 9.84 Å². The summed E-state index contributed by atoms with van der Waals surface area (Å²) in [4.78, 5) is 14.2. The van der Waals surface area contributed by atoms with Crippen molar-refractivity contribution in [1.29, 1.82) is 0 Å². The van der Waals surface area contributed by atoms with E-state index in [9.17, 15) is 18.3 Å². The Bertz CT molecular complexity index is 628. The maximum Gasteiger partial charge on any atom is 0.254 e. The molecule has 1 aromatic rings. The highest BCUT2D eigenvalue weighted by Gasteiger charge is 2.28. The van der Waals surface area contributed by atoms with Gasteiger partial charge < -0.3 is 14.7 Å². The second kappa shape index (κ2) is 6.13. The van der Waals surface area contributed by atoms with Crippen LogP contribution in [0.15, 0.2) is 29.2 Å². The molecular weight excluding hydrogens is 294 g/mol. The molecule has 2 rings (SSSR count). The Balaban J connectivity index is 2.24. The first-order valence-electron chi connectivity index (χ1n) is 6.67. The Morgan fingerprint density at radius 1 is 1.43 bits per heavy atom. The number of rotatable bonds is 3. The minimum absolute atomic E-state index is 0.119. The van der Waals surface area contributed by atoms with Crippen LogP contribution in [0.3, 0.4) is 0 Å². The van der Waals surface area contributed by atoms with Crippen LogP contribution in [-0.4, -0.2) is 62.5 Å². The third-order valence-corrected chi connectivity index (χ3v) is 4.44. The molecule has 1 aliphatic rings. The van der Waals surface area contributed by atoms with Gasteiger partial charge in [-0.15, -0.1) is 0 Å². The van der Waals surface area contributed by atoms with Crippen LogP contribution < -0.4 is 0 Å². The van der Waals surface area contributed by atoms with E-state index >= 15 is 0 Å². The second-order valence-corrected chi connectivity index (χ2v) is 7.28. The summed E-state index contributed by atoms with van der Waals surface area (Å²) in [6.07, 6.45) is 0.531. The van der Waals surface area contributed by atoms with Crippen molar-refractivity contribution < 1.29 is 23.1 Å². The lowest BCUT2D eigenvalue weighted by atomic mass is 10.1. The summed E-state index contributed by atoms with van der Waals surface area (Å²) >= 11 is 0. The lowest BCUT2D eigenvalue weighted by Crippen LogP contribution is -2.50. The summed E-state index contributed by atoms with van der Waals surface area (Å²) in [5, 5.41) is 9.19. The minimum atomic E-state index is -3.35. The quantitative estimate of drug-likeness (QED) is 0.868. The van der Waals surface area contributed by atoms with Crippen LogP contribution in [0.5, 0.6) is 0 Å². The van der Waals surface area contributed by atoms with Gasteiger partial charge >= 0.3 is 0 Å². The number of hydrogen-bond acceptors (Lipinski definition) is 5. The molecule has 7 heteroatoms. The summed E-state index contributed by atoms with van der Waals surface area (Å²) in [6.45, 7) is 2.38. The molecule has 0 saturated carbocycles. The fourth-order valence-corrected chi connectivity index (χ4v) is 3.02. The Morgan fingerprint density at radius 2 is 2.14 bits per heavy atom. The third kappa shape index (κ3) is 3.81. The van der Waals surface area contributed by atoms with E-state index in [1.807, 2.05) is 6.92 Å². The van der Waals surface area contributed by atoms with Crippen LogP contribution >= 0.6 is 0 Å². The predicted octanol–water partition coefficient (Wildman–Crippen LogP) is 0.312. The molecule has 0 spiro atoms. The van der Waals surface area contributed by atoms with Crippen molar-refractivity contribution in [3.05, 3.63) is 29.8 Å². The van der Waals surface area contributed by atoms with Gasteiger partial charge in [-0.25, -0.2) is 8.42 Å². The monoisotopic (exact) mass is 313 g/mol. The molecule has 1 fully saturated rings. The van der Waals surface area contributed by atoms with E-state index in [1.165, 1.54) is 12.1 Å². The van der Waals surface area contributed by atoms with Gasteiger partial charge in [0, 0.05) is 24.9 Å². The van der Waals surface area contributed by atoms with E-state index in [0.717, 1.165) is 6.26 Å². The number of nitrogens with zero attached hydrogens (tertiary/aromatic N) is 1. The Morgan fingerprint density at radius 3 is 2.76 bits per heavy atom. The highest BCUT2D eigenvalue weighted by atomic mass is 32.2. The topological polar surface area (TPSA) is 83.9 Å². The van der Waals surface area contributed by atoms with E-state index in [1.54, 1.807) is 17.0 Å². The molecular formula is C14H19NO5S. The van der Waals surface area contributed by atoms with E-state index in [2.05, 4.69) is 0 Å². The van der Waals surface area contributed by atoms with E-state index in [0.29, 0.717) is 18.7 Å². The van der Waals surface area contributed by atoms with Gasteiger partial charge in [-0.05, 0) is 25.1 Å². The highest BCUT2D eigenvalue weighted by Crippen LogP contribution is 2.17. The number of benzene rings is 1. The van der Waals surface area contributed by atoms with Gasteiger partial charge in [0.25, 0.3) is 5.91 Å². The predicted molar refractivity (Wildman–Crippen MR) is 76.9 cm³/mol. The Hall–Kier alpha value is -1.44. The van der Waals surface area contributed by atoms with Crippen LogP contribution in [0.2, 0.25) is 0 Å². The molecule has 6 nitrogen and oxygen atoms in total. The van der Waals surface area contributed by atoms with Crippen LogP contribution in [0.25, 0.3) is 0 Å². The average molecular weight is 313 g/mol. The zero-order valence-electron chi connectivity index (χ0n) is 12.0. The van der Waals surface area contributed by atoms with Gasteiger partial charge in [-0.1, -0.05) is 6.07 Å². The zero-order chi connectivity index (χ0) is 15.6. The van der Waals surface area contributed by atoms with E-state index in [-0.39, 0.29) is 23.5 Å². The number of morpholine rings is 1. The number of aliphatic hydroxyl groups excluding tert-OH is 1. The van der Waals surface area contributed by atoms with Gasteiger partial charge in [0.1, 0.15) is 0 Å². The van der Waals surface area contributed by atoms with E-state index < -0.39 is 15.9 Å². The van der Waals surface area contributed by atoms with Crippen LogP contribution in [0.4, 0.5) is 0 Å². The molecule has 0 aromatic heterocycles. The number of carbonyl (C=O) groups excluding carboxylic acids is 1. The molecule has 116 valence electrons. The standard InChI is InChI=1S/C14H19NO5S/c1-10-7-15(8-12(9-16)20-10)14(17)11-4-3-5-13(6-11)21(2,18)19/h3-6,10,12,16H,7-9H2,1-2H3. The van der Waals surface area contributed by atoms with Crippen molar-refractivity contribution in [1.82, 2.24) is 4.90 Å². The number of sulfone groups is 1. The first-order valence-corrected chi connectivity index (χ1v) is 8.56. The fraction of sp³-hybridized carbons (Fsp3) is 0.500. The molecule has 2 atom stereocenters. The van der Waals surface area contributed by atoms with Gasteiger partial charge in [-0.3, -0.25) is 4.79 Å². The van der Waals surface area contributed by atoms with Crippen LogP contribution in [-0.2, 0) is 14.6 Å². The molecule has 2 unspecified atom stereocenters. The van der Waals surface area contributed by atoms with Crippen molar-refractivity contribution in [2.75, 3.05) is 26.0 Å². The second-order valence-electron chi connectivity index (χ2n) is 5.26. The van der Waals surface area contributed by atoms with Crippen molar-refractivity contribution in [3.8, 4) is 0 Å². The lowest BCUT2D eigenvalue weighted by molar-refractivity contribution is -0.0858. The highest BCUT2D eigenvalue weighted by molar-refractivity contribution is 7.90. The maximum absolute atomic E-state index is 12.5. The van der Waals surface area contributed by atoms with Crippen molar-refractivity contribution in [2.45, 2.75) is 24.0 Å². The molecule has 0 aliphatic carbocycles. The lowest BCUT2D eigenvalue weighted by Gasteiger charge is -2.36. The van der Waals surface area contributed by atoms with E-state index in [4.69, 9.17) is 4.74 Å². The van der Waals surface area contributed by atoms with Gasteiger partial charge in [0.05, 0.1) is 23.7 Å². The molecule has 21 heavy (non-hydrogen) atoms. The fourth-order valence-electron chi connectivity index (χ4n) is 2.35. The first-order chi connectivity index (χ1) is 9.81. The molecule has 1 aliphatic heterocycles. The molecule has 1 amide bonds. The number of hydrogen-bond donors (Lipinski definition) is 1. The van der Waals surface area contributed by atoms with Crippen molar-refractivity contribution >= 4 is 15.7 Å². The average Bonchev–Trinajstić information content (AvgIpc) is 2.45.